The van der Waals surface area contributed by atoms with Gasteiger partial charge in [-0.05, 0) is 55.0 Å². The van der Waals surface area contributed by atoms with Crippen molar-refractivity contribution in [3.63, 3.8) is 0 Å². The van der Waals surface area contributed by atoms with Gasteiger partial charge in [-0.25, -0.2) is 4.98 Å². The molecule has 0 saturated carbocycles. The van der Waals surface area contributed by atoms with E-state index >= 15 is 0 Å². The summed E-state index contributed by atoms with van der Waals surface area (Å²) in [4.78, 5) is 22.1. The fourth-order valence-electron chi connectivity index (χ4n) is 4.10. The van der Waals surface area contributed by atoms with Crippen LogP contribution in [0.2, 0.25) is 5.02 Å². The highest BCUT2D eigenvalue weighted by Crippen LogP contribution is 2.29. The maximum atomic E-state index is 13.3. The Morgan fingerprint density at radius 2 is 1.82 bits per heavy atom. The van der Waals surface area contributed by atoms with E-state index < -0.39 is 0 Å². The summed E-state index contributed by atoms with van der Waals surface area (Å²) in [6, 6.07) is 17.2. The van der Waals surface area contributed by atoms with Crippen LogP contribution in [0.4, 0.5) is 17.2 Å². The highest BCUT2D eigenvalue weighted by molar-refractivity contribution is 6.31. The maximum absolute atomic E-state index is 13.3. The number of rotatable bonds is 5. The number of methoxy groups -OCH3 is 1. The van der Waals surface area contributed by atoms with Gasteiger partial charge in [-0.3, -0.25) is 4.79 Å². The fraction of sp³-hybridized carbons (Fsp3) is 0.231. The molecule has 0 atom stereocenters. The number of carbonyl (C=O) groups is 1. The van der Waals surface area contributed by atoms with Crippen LogP contribution in [0.5, 0.6) is 5.75 Å². The number of nitrogens with zero attached hydrogens (tertiary/aromatic N) is 3. The Labute approximate surface area is 202 Å². The number of ether oxygens (including phenoxy) is 1. The van der Waals surface area contributed by atoms with Crippen LogP contribution in [-0.2, 0) is 0 Å². The van der Waals surface area contributed by atoms with E-state index in [2.05, 4.69) is 15.2 Å². The second kappa shape index (κ2) is 9.27. The zero-order valence-electron chi connectivity index (χ0n) is 19.0. The summed E-state index contributed by atoms with van der Waals surface area (Å²) in [5.41, 5.74) is 3.86. The van der Waals surface area contributed by atoms with Crippen LogP contribution in [-0.4, -0.2) is 49.1 Å². The average Bonchev–Trinajstić information content (AvgIpc) is 3.35. The Morgan fingerprint density at radius 1 is 1.06 bits per heavy atom. The minimum Gasteiger partial charge on any atom is -0.497 e. The minimum atomic E-state index is -0.113. The molecule has 8 heteroatoms. The Balaban J connectivity index is 1.33. The molecule has 1 N–H and O–H groups in total. The Bertz CT molecular complexity index is 1330. The molecule has 2 aromatic carbocycles. The second-order valence-corrected chi connectivity index (χ2v) is 8.66. The zero-order valence-corrected chi connectivity index (χ0v) is 19.8. The molecule has 1 aliphatic rings. The first-order chi connectivity index (χ1) is 16.5. The van der Waals surface area contributed by atoms with Gasteiger partial charge in [0.25, 0.3) is 5.91 Å². The van der Waals surface area contributed by atoms with Crippen molar-refractivity contribution in [3.8, 4) is 5.75 Å². The standard InChI is InChI=1S/C26H25ClN4O3/c1-17-3-4-18(15-22(17)27)28-25-21-9-14-34-24(21)16-23(29-25)26(32)31-12-10-30(11-13-31)19-5-7-20(33-2)8-6-19/h3-9,14-16H,10-13H2,1-2H3,(H,28,29). The monoisotopic (exact) mass is 476 g/mol. The normalized spacial score (nSPS) is 13.9. The van der Waals surface area contributed by atoms with Crippen molar-refractivity contribution in [1.82, 2.24) is 9.88 Å². The summed E-state index contributed by atoms with van der Waals surface area (Å²) in [6.45, 7) is 4.66. The van der Waals surface area contributed by atoms with E-state index in [-0.39, 0.29) is 5.91 Å². The number of furan rings is 1. The Kier molecular flexibility index (Phi) is 6.02. The molecule has 2 aromatic heterocycles. The van der Waals surface area contributed by atoms with E-state index in [0.29, 0.717) is 35.2 Å². The lowest BCUT2D eigenvalue weighted by Gasteiger charge is -2.36. The summed E-state index contributed by atoms with van der Waals surface area (Å²) in [6.07, 6.45) is 1.60. The van der Waals surface area contributed by atoms with Crippen LogP contribution in [0, 0.1) is 6.92 Å². The molecule has 0 radical (unpaired) electrons. The van der Waals surface area contributed by atoms with E-state index in [0.717, 1.165) is 41.2 Å². The van der Waals surface area contributed by atoms with Gasteiger partial charge in [0.1, 0.15) is 22.8 Å². The Hall–Kier alpha value is -3.71. The molecular formula is C26H25ClN4O3. The molecule has 34 heavy (non-hydrogen) atoms. The molecule has 5 rings (SSSR count). The number of hydrogen-bond acceptors (Lipinski definition) is 6. The van der Waals surface area contributed by atoms with E-state index in [1.54, 1.807) is 19.4 Å². The highest BCUT2D eigenvalue weighted by Gasteiger charge is 2.24. The largest absolute Gasteiger partial charge is 0.497 e. The highest BCUT2D eigenvalue weighted by atomic mass is 35.5. The van der Waals surface area contributed by atoms with E-state index in [4.69, 9.17) is 20.8 Å². The second-order valence-electron chi connectivity index (χ2n) is 8.25. The molecule has 4 aromatic rings. The van der Waals surface area contributed by atoms with Crippen molar-refractivity contribution in [1.29, 1.82) is 0 Å². The quantitative estimate of drug-likeness (QED) is 0.410. The topological polar surface area (TPSA) is 70.8 Å². The van der Waals surface area contributed by atoms with E-state index in [1.165, 1.54) is 0 Å². The van der Waals surface area contributed by atoms with Crippen LogP contribution in [0.1, 0.15) is 16.1 Å². The number of carbonyl (C=O) groups excluding carboxylic acids is 1. The molecule has 0 spiro atoms. The van der Waals surface area contributed by atoms with Gasteiger partial charge in [-0.2, -0.15) is 0 Å². The first-order valence-electron chi connectivity index (χ1n) is 11.1. The third-order valence-electron chi connectivity index (χ3n) is 6.11. The lowest BCUT2D eigenvalue weighted by Crippen LogP contribution is -2.49. The lowest BCUT2D eigenvalue weighted by molar-refractivity contribution is 0.0741. The van der Waals surface area contributed by atoms with Crippen LogP contribution >= 0.6 is 11.6 Å². The van der Waals surface area contributed by atoms with Crippen molar-refractivity contribution < 1.29 is 13.9 Å². The molecule has 1 aliphatic heterocycles. The van der Waals surface area contributed by atoms with Gasteiger partial charge in [0.05, 0.1) is 18.8 Å². The molecule has 3 heterocycles. The van der Waals surface area contributed by atoms with Gasteiger partial charge >= 0.3 is 0 Å². The molecule has 7 nitrogen and oxygen atoms in total. The smallest absolute Gasteiger partial charge is 0.272 e. The predicted molar refractivity (Wildman–Crippen MR) is 135 cm³/mol. The van der Waals surface area contributed by atoms with Crippen molar-refractivity contribution in [2.75, 3.05) is 43.5 Å². The van der Waals surface area contributed by atoms with Crippen LogP contribution in [0.3, 0.4) is 0 Å². The molecule has 0 aliphatic carbocycles. The lowest BCUT2D eigenvalue weighted by atomic mass is 10.2. The number of amides is 1. The summed E-state index contributed by atoms with van der Waals surface area (Å²) in [5.74, 6) is 1.28. The van der Waals surface area contributed by atoms with Gasteiger partial charge in [0, 0.05) is 48.6 Å². The van der Waals surface area contributed by atoms with Gasteiger partial charge in [0.2, 0.25) is 0 Å². The van der Waals surface area contributed by atoms with Gasteiger partial charge in [0.15, 0.2) is 0 Å². The number of anilines is 3. The minimum absolute atomic E-state index is 0.113. The van der Waals surface area contributed by atoms with Crippen molar-refractivity contribution >= 4 is 45.7 Å². The third kappa shape index (κ3) is 4.39. The van der Waals surface area contributed by atoms with Gasteiger partial charge in [-0.15, -0.1) is 0 Å². The molecule has 1 saturated heterocycles. The number of nitrogens with one attached hydrogen (secondary N) is 1. The SMILES string of the molecule is COc1ccc(N2CCN(C(=O)c3cc4occc4c(Nc4ccc(C)c(Cl)c4)n3)CC2)cc1. The Morgan fingerprint density at radius 3 is 2.53 bits per heavy atom. The first kappa shape index (κ1) is 22.1. The summed E-state index contributed by atoms with van der Waals surface area (Å²) >= 11 is 6.28. The average molecular weight is 477 g/mol. The van der Waals surface area contributed by atoms with Gasteiger partial charge < -0.3 is 24.3 Å². The number of benzene rings is 2. The van der Waals surface area contributed by atoms with Crippen LogP contribution < -0.4 is 15.0 Å². The summed E-state index contributed by atoms with van der Waals surface area (Å²) in [7, 11) is 1.66. The zero-order chi connectivity index (χ0) is 23.7. The molecule has 174 valence electrons. The van der Waals surface area contributed by atoms with Crippen molar-refractivity contribution in [2.24, 2.45) is 0 Å². The van der Waals surface area contributed by atoms with Crippen molar-refractivity contribution in [3.05, 3.63) is 77.1 Å². The number of fused-ring (bicyclic) bond motifs is 1. The fourth-order valence-corrected chi connectivity index (χ4v) is 4.28. The summed E-state index contributed by atoms with van der Waals surface area (Å²) in [5, 5.41) is 4.76. The number of aryl methyl sites for hydroxylation is 1. The predicted octanol–water partition coefficient (Wildman–Crippen LogP) is 5.50. The van der Waals surface area contributed by atoms with Crippen LogP contribution in [0.15, 0.2) is 65.3 Å². The van der Waals surface area contributed by atoms with Crippen LogP contribution in [0.25, 0.3) is 11.0 Å². The number of pyridine rings is 1. The third-order valence-corrected chi connectivity index (χ3v) is 6.52. The molecular weight excluding hydrogens is 452 g/mol. The molecule has 0 unspecified atom stereocenters. The number of hydrogen-bond donors (Lipinski definition) is 1. The van der Waals surface area contributed by atoms with E-state index in [1.807, 2.05) is 60.4 Å². The summed E-state index contributed by atoms with van der Waals surface area (Å²) < 4.78 is 10.9. The number of aromatic nitrogens is 1. The number of halogens is 1. The molecule has 1 amide bonds. The van der Waals surface area contributed by atoms with Gasteiger partial charge in [-0.1, -0.05) is 17.7 Å². The van der Waals surface area contributed by atoms with E-state index in [9.17, 15) is 4.79 Å². The molecule has 0 bridgehead atoms. The maximum Gasteiger partial charge on any atom is 0.272 e. The first-order valence-corrected chi connectivity index (χ1v) is 11.5. The number of piperazine rings is 1. The van der Waals surface area contributed by atoms with Crippen molar-refractivity contribution in [2.45, 2.75) is 6.92 Å². The molecule has 1 fully saturated rings.